The van der Waals surface area contributed by atoms with E-state index in [0.29, 0.717) is 6.61 Å². The SMILES string of the molecule is CCOC(CNC(=O)OCC1c2ccccc2-c2ccccc21)CC(=O)N[C@@H](C(=O)O)[C@H](C)OCc1ccccc1. The second-order valence-corrected chi connectivity index (χ2v) is 9.87. The highest BCUT2D eigenvalue weighted by atomic mass is 16.5. The number of amides is 2. The Morgan fingerprint density at radius 1 is 0.878 bits per heavy atom. The summed E-state index contributed by atoms with van der Waals surface area (Å²) in [6.45, 7) is 4.09. The number of carboxylic acids is 1. The van der Waals surface area contributed by atoms with E-state index >= 15 is 0 Å². The maximum Gasteiger partial charge on any atom is 0.407 e. The fourth-order valence-corrected chi connectivity index (χ4v) is 4.99. The second-order valence-electron chi connectivity index (χ2n) is 9.87. The molecule has 3 atom stereocenters. The van der Waals surface area contributed by atoms with Gasteiger partial charge in [-0.3, -0.25) is 4.79 Å². The molecular weight excluding hydrogens is 524 g/mol. The number of carbonyl (C=O) groups is 3. The molecule has 2 amide bonds. The Morgan fingerprint density at radius 3 is 2.10 bits per heavy atom. The standard InChI is InChI=1S/C32H36N2O7/c1-3-39-23(17-29(35)34-30(31(36)37)21(2)40-19-22-11-5-4-6-12-22)18-33-32(38)41-20-28-26-15-9-7-13-24(26)25-14-8-10-16-27(25)28/h4-16,21,23,28,30H,3,17-20H2,1-2H3,(H,33,38)(H,34,35)(H,36,37)/t21-,23?,30+/m0/s1. The van der Waals surface area contributed by atoms with Gasteiger partial charge in [-0.2, -0.15) is 0 Å². The van der Waals surface area contributed by atoms with Crippen molar-refractivity contribution >= 4 is 18.0 Å². The van der Waals surface area contributed by atoms with Crippen molar-refractivity contribution < 1.29 is 33.7 Å². The lowest BCUT2D eigenvalue weighted by Gasteiger charge is -2.23. The molecule has 1 aliphatic carbocycles. The number of nitrogens with one attached hydrogen (secondary N) is 2. The number of benzene rings is 3. The molecule has 0 aliphatic heterocycles. The third-order valence-electron chi connectivity index (χ3n) is 7.04. The van der Waals surface area contributed by atoms with Crippen LogP contribution >= 0.6 is 0 Å². The van der Waals surface area contributed by atoms with Crippen LogP contribution in [0.4, 0.5) is 4.79 Å². The van der Waals surface area contributed by atoms with E-state index in [-0.39, 0.29) is 32.1 Å². The number of carboxylic acid groups (broad SMARTS) is 1. The molecule has 3 aromatic carbocycles. The van der Waals surface area contributed by atoms with Crippen LogP contribution in [0.3, 0.4) is 0 Å². The van der Waals surface area contributed by atoms with Gasteiger partial charge >= 0.3 is 12.1 Å². The van der Waals surface area contributed by atoms with Gasteiger partial charge in [0.1, 0.15) is 6.61 Å². The Hall–Kier alpha value is -4.21. The number of fused-ring (bicyclic) bond motifs is 3. The van der Waals surface area contributed by atoms with Gasteiger partial charge < -0.3 is 30.0 Å². The minimum absolute atomic E-state index is 0.0235. The summed E-state index contributed by atoms with van der Waals surface area (Å²) in [4.78, 5) is 37.2. The fourth-order valence-electron chi connectivity index (χ4n) is 4.99. The molecule has 41 heavy (non-hydrogen) atoms. The molecule has 3 aromatic rings. The van der Waals surface area contributed by atoms with Gasteiger partial charge in [0.05, 0.1) is 25.2 Å². The summed E-state index contributed by atoms with van der Waals surface area (Å²) in [5.41, 5.74) is 5.39. The molecule has 9 nitrogen and oxygen atoms in total. The topological polar surface area (TPSA) is 123 Å². The molecule has 216 valence electrons. The monoisotopic (exact) mass is 560 g/mol. The summed E-state index contributed by atoms with van der Waals surface area (Å²) in [6.07, 6.45) is -2.22. The van der Waals surface area contributed by atoms with Crippen LogP contribution in [0.5, 0.6) is 0 Å². The second kappa shape index (κ2) is 14.4. The smallest absolute Gasteiger partial charge is 0.407 e. The summed E-state index contributed by atoms with van der Waals surface area (Å²) in [5, 5.41) is 14.9. The fraction of sp³-hybridized carbons (Fsp3) is 0.344. The van der Waals surface area contributed by atoms with Crippen LogP contribution in [-0.4, -0.2) is 61.1 Å². The zero-order valence-electron chi connectivity index (χ0n) is 23.2. The van der Waals surface area contributed by atoms with Crippen LogP contribution < -0.4 is 10.6 Å². The lowest BCUT2D eigenvalue weighted by Crippen LogP contribution is -2.49. The van der Waals surface area contributed by atoms with Crippen molar-refractivity contribution in [1.29, 1.82) is 0 Å². The average Bonchev–Trinajstić information content (AvgIpc) is 3.30. The molecule has 0 bridgehead atoms. The highest BCUT2D eigenvalue weighted by Crippen LogP contribution is 2.44. The molecule has 0 spiro atoms. The van der Waals surface area contributed by atoms with Gasteiger partial charge in [-0.1, -0.05) is 78.9 Å². The van der Waals surface area contributed by atoms with Gasteiger partial charge in [-0.15, -0.1) is 0 Å². The predicted octanol–water partition coefficient (Wildman–Crippen LogP) is 4.50. The summed E-state index contributed by atoms with van der Waals surface area (Å²) >= 11 is 0. The number of rotatable bonds is 14. The summed E-state index contributed by atoms with van der Waals surface area (Å²) < 4.78 is 16.9. The number of hydrogen-bond donors (Lipinski definition) is 3. The number of ether oxygens (including phenoxy) is 3. The van der Waals surface area contributed by atoms with Crippen molar-refractivity contribution in [3.8, 4) is 11.1 Å². The molecule has 1 unspecified atom stereocenters. The minimum Gasteiger partial charge on any atom is -0.480 e. The lowest BCUT2D eigenvalue weighted by molar-refractivity contribution is -0.147. The van der Waals surface area contributed by atoms with Crippen LogP contribution in [0.1, 0.15) is 42.9 Å². The van der Waals surface area contributed by atoms with E-state index in [1.54, 1.807) is 13.8 Å². The Bertz CT molecular complexity index is 1280. The van der Waals surface area contributed by atoms with E-state index in [9.17, 15) is 19.5 Å². The highest BCUT2D eigenvalue weighted by molar-refractivity contribution is 5.84. The molecule has 9 heteroatoms. The number of carbonyl (C=O) groups excluding carboxylic acids is 2. The summed E-state index contributed by atoms with van der Waals surface area (Å²) in [6, 6.07) is 24.3. The molecule has 3 N–H and O–H groups in total. The van der Waals surface area contributed by atoms with Crippen LogP contribution in [0, 0.1) is 0 Å². The van der Waals surface area contributed by atoms with E-state index < -0.39 is 36.2 Å². The summed E-state index contributed by atoms with van der Waals surface area (Å²) in [7, 11) is 0. The Balaban J connectivity index is 1.26. The molecule has 0 saturated heterocycles. The van der Waals surface area contributed by atoms with Crippen molar-refractivity contribution in [1.82, 2.24) is 10.6 Å². The van der Waals surface area contributed by atoms with Gasteiger partial charge in [0, 0.05) is 19.1 Å². The quantitative estimate of drug-likeness (QED) is 0.265. The first-order valence-corrected chi connectivity index (χ1v) is 13.8. The van der Waals surface area contributed by atoms with Crippen molar-refractivity contribution in [2.24, 2.45) is 0 Å². The first-order valence-electron chi connectivity index (χ1n) is 13.8. The molecule has 0 radical (unpaired) electrons. The first kappa shape index (κ1) is 29.8. The maximum atomic E-state index is 12.7. The van der Waals surface area contributed by atoms with E-state index in [2.05, 4.69) is 22.8 Å². The predicted molar refractivity (Wildman–Crippen MR) is 153 cm³/mol. The van der Waals surface area contributed by atoms with E-state index in [1.165, 1.54) is 0 Å². The van der Waals surface area contributed by atoms with Crippen LogP contribution in [0.15, 0.2) is 78.9 Å². The third kappa shape index (κ3) is 7.93. The molecular formula is C32H36N2O7. The Kier molecular flexibility index (Phi) is 10.5. The van der Waals surface area contributed by atoms with Crippen molar-refractivity contribution in [2.75, 3.05) is 19.8 Å². The van der Waals surface area contributed by atoms with Gasteiger partial charge in [-0.25, -0.2) is 9.59 Å². The molecule has 1 aliphatic rings. The average molecular weight is 561 g/mol. The first-order chi connectivity index (χ1) is 19.9. The molecule has 0 heterocycles. The number of hydrogen-bond acceptors (Lipinski definition) is 6. The number of aliphatic carboxylic acids is 1. The normalized spacial score (nSPS) is 14.3. The zero-order chi connectivity index (χ0) is 29.2. The molecule has 0 aromatic heterocycles. The minimum atomic E-state index is -1.25. The van der Waals surface area contributed by atoms with Crippen molar-refractivity contribution in [2.45, 2.75) is 51.0 Å². The zero-order valence-corrected chi connectivity index (χ0v) is 23.2. The summed E-state index contributed by atoms with van der Waals surface area (Å²) in [5.74, 6) is -1.80. The number of alkyl carbamates (subject to hydrolysis) is 1. The molecule has 0 fully saturated rings. The van der Waals surface area contributed by atoms with Crippen LogP contribution in [0.25, 0.3) is 11.1 Å². The van der Waals surface area contributed by atoms with Gasteiger partial charge in [0.25, 0.3) is 0 Å². The van der Waals surface area contributed by atoms with Crippen molar-refractivity contribution in [3.63, 3.8) is 0 Å². The van der Waals surface area contributed by atoms with E-state index in [1.807, 2.05) is 66.7 Å². The van der Waals surface area contributed by atoms with Crippen LogP contribution in [0.2, 0.25) is 0 Å². The Morgan fingerprint density at radius 2 is 1.49 bits per heavy atom. The maximum absolute atomic E-state index is 12.7. The third-order valence-corrected chi connectivity index (χ3v) is 7.04. The van der Waals surface area contributed by atoms with Crippen molar-refractivity contribution in [3.05, 3.63) is 95.6 Å². The van der Waals surface area contributed by atoms with E-state index in [0.717, 1.165) is 27.8 Å². The van der Waals surface area contributed by atoms with Gasteiger partial charge in [0.15, 0.2) is 6.04 Å². The van der Waals surface area contributed by atoms with Crippen LogP contribution in [-0.2, 0) is 30.4 Å². The highest BCUT2D eigenvalue weighted by Gasteiger charge is 2.30. The van der Waals surface area contributed by atoms with E-state index in [4.69, 9.17) is 14.2 Å². The van der Waals surface area contributed by atoms with Gasteiger partial charge in [0.2, 0.25) is 5.91 Å². The molecule has 4 rings (SSSR count). The lowest BCUT2D eigenvalue weighted by atomic mass is 9.98. The van der Waals surface area contributed by atoms with Gasteiger partial charge in [-0.05, 0) is 41.7 Å². The molecule has 0 saturated carbocycles. The Labute approximate surface area is 239 Å². The largest absolute Gasteiger partial charge is 0.480 e.